The maximum Gasteiger partial charge on any atom is 0.340 e. The average molecular weight is 263 g/mol. The molecule has 102 valence electrons. The van der Waals surface area contributed by atoms with Crippen LogP contribution in [0, 0.1) is 17.7 Å². The molecule has 0 aromatic heterocycles. The Hall–Kier alpha value is -1.58. The summed E-state index contributed by atoms with van der Waals surface area (Å²) in [6.45, 7) is 0. The Balaban J connectivity index is 1.84. The number of nitrogens with one attached hydrogen (secondary N) is 1. The van der Waals surface area contributed by atoms with Crippen LogP contribution in [0.4, 0.5) is 10.1 Å². The smallest absolute Gasteiger partial charge is 0.340 e. The fourth-order valence-electron chi connectivity index (χ4n) is 2.63. The zero-order chi connectivity index (χ0) is 13.4. The molecule has 0 spiro atoms. The number of carbonyl (C=O) groups excluding carboxylic acids is 1. The van der Waals surface area contributed by atoms with Gasteiger partial charge in [-0.05, 0) is 55.7 Å². The molecule has 2 aliphatic carbocycles. The second-order valence-corrected chi connectivity index (χ2v) is 5.53. The molecule has 0 saturated heterocycles. The van der Waals surface area contributed by atoms with Gasteiger partial charge in [0.05, 0.1) is 12.7 Å². The Kier molecular flexibility index (Phi) is 3.17. The molecule has 1 N–H and O–H groups in total. The van der Waals surface area contributed by atoms with E-state index >= 15 is 0 Å². The topological polar surface area (TPSA) is 38.3 Å². The normalized spacial score (nSPS) is 18.5. The van der Waals surface area contributed by atoms with Crippen LogP contribution in [0.5, 0.6) is 0 Å². The van der Waals surface area contributed by atoms with Gasteiger partial charge in [0.1, 0.15) is 5.82 Å². The number of anilines is 1. The highest BCUT2D eigenvalue weighted by molar-refractivity contribution is 5.95. The van der Waals surface area contributed by atoms with Crippen LogP contribution in [-0.2, 0) is 4.74 Å². The summed E-state index contributed by atoms with van der Waals surface area (Å²) in [5.74, 6) is 0.513. The first-order valence-electron chi connectivity index (χ1n) is 6.83. The molecule has 19 heavy (non-hydrogen) atoms. The Morgan fingerprint density at radius 1 is 1.32 bits per heavy atom. The number of hydrogen-bond donors (Lipinski definition) is 1. The van der Waals surface area contributed by atoms with Gasteiger partial charge in [-0.2, -0.15) is 0 Å². The summed E-state index contributed by atoms with van der Waals surface area (Å²) in [4.78, 5) is 11.7. The Bertz CT molecular complexity index is 483. The van der Waals surface area contributed by atoms with Gasteiger partial charge in [-0.15, -0.1) is 0 Å². The first kappa shape index (κ1) is 12.5. The van der Waals surface area contributed by atoms with Gasteiger partial charge in [-0.1, -0.05) is 0 Å². The van der Waals surface area contributed by atoms with E-state index in [9.17, 15) is 9.18 Å². The first-order chi connectivity index (χ1) is 9.19. The van der Waals surface area contributed by atoms with Crippen LogP contribution in [0.2, 0.25) is 0 Å². The van der Waals surface area contributed by atoms with Crippen molar-refractivity contribution < 1.29 is 13.9 Å². The summed E-state index contributed by atoms with van der Waals surface area (Å²) >= 11 is 0. The monoisotopic (exact) mass is 263 g/mol. The van der Waals surface area contributed by atoms with E-state index in [0.717, 1.165) is 0 Å². The Morgan fingerprint density at radius 2 is 1.95 bits per heavy atom. The van der Waals surface area contributed by atoms with Gasteiger partial charge < -0.3 is 10.1 Å². The van der Waals surface area contributed by atoms with Gasteiger partial charge in [0, 0.05) is 11.7 Å². The minimum atomic E-state index is -0.493. The molecule has 0 unspecified atom stereocenters. The van der Waals surface area contributed by atoms with Gasteiger partial charge in [0.2, 0.25) is 0 Å². The second kappa shape index (κ2) is 4.83. The number of benzene rings is 1. The molecule has 0 heterocycles. The third-order valence-corrected chi connectivity index (χ3v) is 3.97. The van der Waals surface area contributed by atoms with Gasteiger partial charge in [0.25, 0.3) is 0 Å². The molecule has 1 aromatic rings. The third kappa shape index (κ3) is 2.72. The lowest BCUT2D eigenvalue weighted by Crippen LogP contribution is -2.25. The zero-order valence-corrected chi connectivity index (χ0v) is 11.0. The van der Waals surface area contributed by atoms with Crippen molar-refractivity contribution in [2.24, 2.45) is 11.8 Å². The SMILES string of the molecule is COC(=O)c1cc(F)ccc1NC(C1CC1)C1CC1. The molecule has 0 atom stereocenters. The van der Waals surface area contributed by atoms with Crippen molar-refractivity contribution in [1.82, 2.24) is 0 Å². The third-order valence-electron chi connectivity index (χ3n) is 3.97. The van der Waals surface area contributed by atoms with E-state index in [2.05, 4.69) is 5.32 Å². The molecule has 3 rings (SSSR count). The molecule has 4 heteroatoms. The van der Waals surface area contributed by atoms with E-state index in [1.54, 1.807) is 6.07 Å². The highest BCUT2D eigenvalue weighted by Crippen LogP contribution is 2.46. The highest BCUT2D eigenvalue weighted by atomic mass is 19.1. The molecule has 0 amide bonds. The molecule has 0 radical (unpaired) electrons. The first-order valence-corrected chi connectivity index (χ1v) is 6.83. The van der Waals surface area contributed by atoms with Crippen molar-refractivity contribution in [2.45, 2.75) is 31.7 Å². The summed E-state index contributed by atoms with van der Waals surface area (Å²) < 4.78 is 18.0. The molecular weight excluding hydrogens is 245 g/mol. The van der Waals surface area contributed by atoms with E-state index < -0.39 is 11.8 Å². The molecule has 2 saturated carbocycles. The summed E-state index contributed by atoms with van der Waals surface area (Å²) in [5, 5.41) is 3.45. The molecular formula is C15H18FNO2. The van der Waals surface area contributed by atoms with Gasteiger partial charge in [-0.3, -0.25) is 0 Å². The van der Waals surface area contributed by atoms with Crippen LogP contribution in [0.1, 0.15) is 36.0 Å². The van der Waals surface area contributed by atoms with Gasteiger partial charge in [-0.25, -0.2) is 9.18 Å². The van der Waals surface area contributed by atoms with E-state index in [-0.39, 0.29) is 5.56 Å². The van der Waals surface area contributed by atoms with E-state index in [0.29, 0.717) is 23.6 Å². The van der Waals surface area contributed by atoms with Crippen LogP contribution in [0.15, 0.2) is 18.2 Å². The van der Waals surface area contributed by atoms with E-state index in [1.807, 2.05) is 0 Å². The summed E-state index contributed by atoms with van der Waals surface area (Å²) in [6.07, 6.45) is 5.01. The summed E-state index contributed by atoms with van der Waals surface area (Å²) in [5.41, 5.74) is 0.978. The lowest BCUT2D eigenvalue weighted by Gasteiger charge is -2.20. The predicted octanol–water partition coefficient (Wildman–Crippen LogP) is 3.21. The molecule has 2 fully saturated rings. The number of carbonyl (C=O) groups is 1. The minimum Gasteiger partial charge on any atom is -0.465 e. The van der Waals surface area contributed by atoms with Crippen LogP contribution in [-0.4, -0.2) is 19.1 Å². The standard InChI is InChI=1S/C15H18FNO2/c1-19-15(18)12-8-11(16)6-7-13(12)17-14(9-2-3-9)10-4-5-10/h6-10,14,17H,2-5H2,1H3. The van der Waals surface area contributed by atoms with Crippen molar-refractivity contribution in [2.75, 3.05) is 12.4 Å². The molecule has 0 bridgehead atoms. The number of rotatable bonds is 5. The lowest BCUT2D eigenvalue weighted by molar-refractivity contribution is 0.0601. The van der Waals surface area contributed by atoms with E-state index in [4.69, 9.17) is 4.74 Å². The fourth-order valence-corrected chi connectivity index (χ4v) is 2.63. The van der Waals surface area contributed by atoms with Crippen molar-refractivity contribution >= 4 is 11.7 Å². The largest absolute Gasteiger partial charge is 0.465 e. The highest BCUT2D eigenvalue weighted by Gasteiger charge is 2.41. The number of methoxy groups -OCH3 is 1. The molecule has 1 aromatic carbocycles. The van der Waals surface area contributed by atoms with Crippen LogP contribution in [0.25, 0.3) is 0 Å². The van der Waals surface area contributed by atoms with Gasteiger partial charge in [0.15, 0.2) is 0 Å². The maximum absolute atomic E-state index is 13.3. The Labute approximate surface area is 112 Å². The number of hydrogen-bond acceptors (Lipinski definition) is 3. The number of halogens is 1. The molecule has 2 aliphatic rings. The minimum absolute atomic E-state index is 0.286. The van der Waals surface area contributed by atoms with Gasteiger partial charge >= 0.3 is 5.97 Å². The number of esters is 1. The zero-order valence-electron chi connectivity index (χ0n) is 11.0. The summed E-state index contributed by atoms with van der Waals surface area (Å²) in [6, 6.07) is 4.68. The van der Waals surface area contributed by atoms with Crippen LogP contribution in [0.3, 0.4) is 0 Å². The number of ether oxygens (including phenoxy) is 1. The van der Waals surface area contributed by atoms with Crippen molar-refractivity contribution in [3.05, 3.63) is 29.6 Å². The Morgan fingerprint density at radius 3 is 2.47 bits per heavy atom. The maximum atomic E-state index is 13.3. The van der Waals surface area contributed by atoms with Crippen LogP contribution < -0.4 is 5.32 Å². The van der Waals surface area contributed by atoms with E-state index in [1.165, 1.54) is 44.9 Å². The fraction of sp³-hybridized carbons (Fsp3) is 0.533. The van der Waals surface area contributed by atoms with Crippen molar-refractivity contribution in [3.63, 3.8) is 0 Å². The quantitative estimate of drug-likeness (QED) is 0.829. The summed E-state index contributed by atoms with van der Waals surface area (Å²) in [7, 11) is 1.32. The predicted molar refractivity (Wildman–Crippen MR) is 70.6 cm³/mol. The molecule has 0 aliphatic heterocycles. The second-order valence-electron chi connectivity index (χ2n) is 5.53. The molecule has 3 nitrogen and oxygen atoms in total. The lowest BCUT2D eigenvalue weighted by atomic mass is 10.1. The van der Waals surface area contributed by atoms with Crippen molar-refractivity contribution in [3.8, 4) is 0 Å². The van der Waals surface area contributed by atoms with Crippen LogP contribution >= 0.6 is 0 Å². The average Bonchev–Trinajstić information content (AvgIpc) is 3.28. The van der Waals surface area contributed by atoms with Crippen molar-refractivity contribution in [1.29, 1.82) is 0 Å².